The first kappa shape index (κ1) is 12.0. The van der Waals surface area contributed by atoms with Gasteiger partial charge in [-0.2, -0.15) is 0 Å². The molecule has 1 aromatic carbocycles. The van der Waals surface area contributed by atoms with Crippen LogP contribution in [0.15, 0.2) is 24.3 Å². The Kier molecular flexibility index (Phi) is 5.15. The fraction of sp³-hybridized carbons (Fsp3) is 0.500. The van der Waals surface area contributed by atoms with Gasteiger partial charge >= 0.3 is 0 Å². The summed E-state index contributed by atoms with van der Waals surface area (Å²) in [7, 11) is 0. The number of aliphatic hydroxyl groups is 1. The van der Waals surface area contributed by atoms with Gasteiger partial charge < -0.3 is 15.2 Å². The van der Waals surface area contributed by atoms with E-state index >= 15 is 0 Å². The van der Waals surface area contributed by atoms with E-state index in [-0.39, 0.29) is 6.61 Å². The van der Waals surface area contributed by atoms with Crippen molar-refractivity contribution in [3.8, 4) is 0 Å². The maximum Gasteiger partial charge on any atom is 0.0681 e. The highest BCUT2D eigenvalue weighted by Crippen LogP contribution is 2.10. The van der Waals surface area contributed by atoms with Crippen LogP contribution in [0.2, 0.25) is 0 Å². The molecule has 2 N–H and O–H groups in total. The van der Waals surface area contributed by atoms with Crippen molar-refractivity contribution in [2.75, 3.05) is 18.5 Å². The molecule has 15 heavy (non-hydrogen) atoms. The molecule has 1 aromatic rings. The fourth-order valence-electron chi connectivity index (χ4n) is 1.33. The first-order valence-corrected chi connectivity index (χ1v) is 5.30. The van der Waals surface area contributed by atoms with Crippen molar-refractivity contribution < 1.29 is 9.84 Å². The molecular formula is C12H19NO2. The standard InChI is InChI=1S/C12H19NO2/c1-3-15-9-10(2)13-12-6-4-11(8-14)5-7-12/h4-7,10,13-14H,3,8-9H2,1-2H3. The molecule has 3 nitrogen and oxygen atoms in total. The molecule has 1 atom stereocenters. The summed E-state index contributed by atoms with van der Waals surface area (Å²) in [5.74, 6) is 0. The minimum atomic E-state index is 0.0920. The average Bonchev–Trinajstić information content (AvgIpc) is 2.27. The predicted octanol–water partition coefficient (Wildman–Crippen LogP) is 2.02. The number of nitrogens with one attached hydrogen (secondary N) is 1. The van der Waals surface area contributed by atoms with Crippen LogP contribution < -0.4 is 5.32 Å². The zero-order valence-corrected chi connectivity index (χ0v) is 9.36. The summed E-state index contributed by atoms with van der Waals surface area (Å²) in [6.07, 6.45) is 0. The number of rotatable bonds is 6. The van der Waals surface area contributed by atoms with Gasteiger partial charge in [0.25, 0.3) is 0 Å². The third-order valence-corrected chi connectivity index (χ3v) is 2.12. The third-order valence-electron chi connectivity index (χ3n) is 2.12. The molecule has 0 aliphatic rings. The van der Waals surface area contributed by atoms with Crippen LogP contribution in [0, 0.1) is 0 Å². The summed E-state index contributed by atoms with van der Waals surface area (Å²) in [6, 6.07) is 8.05. The van der Waals surface area contributed by atoms with E-state index in [1.807, 2.05) is 31.2 Å². The van der Waals surface area contributed by atoms with Gasteiger partial charge in [0, 0.05) is 18.3 Å². The van der Waals surface area contributed by atoms with Gasteiger partial charge in [-0.05, 0) is 31.5 Å². The molecule has 84 valence electrons. The van der Waals surface area contributed by atoms with Crippen LogP contribution in [0.5, 0.6) is 0 Å². The SMILES string of the molecule is CCOCC(C)Nc1ccc(CO)cc1. The van der Waals surface area contributed by atoms with Gasteiger partial charge in [-0.1, -0.05) is 12.1 Å². The van der Waals surface area contributed by atoms with Crippen LogP contribution in [0.25, 0.3) is 0 Å². The lowest BCUT2D eigenvalue weighted by Crippen LogP contribution is -2.21. The monoisotopic (exact) mass is 209 g/mol. The zero-order valence-electron chi connectivity index (χ0n) is 9.36. The number of hydrogen-bond acceptors (Lipinski definition) is 3. The van der Waals surface area contributed by atoms with E-state index in [2.05, 4.69) is 12.2 Å². The topological polar surface area (TPSA) is 41.5 Å². The van der Waals surface area contributed by atoms with Gasteiger partial charge in [-0.3, -0.25) is 0 Å². The molecule has 3 heteroatoms. The van der Waals surface area contributed by atoms with Crippen LogP contribution >= 0.6 is 0 Å². The quantitative estimate of drug-likeness (QED) is 0.753. The van der Waals surface area contributed by atoms with Crippen LogP contribution in [0.3, 0.4) is 0 Å². The van der Waals surface area contributed by atoms with E-state index in [1.54, 1.807) is 0 Å². The predicted molar refractivity (Wildman–Crippen MR) is 61.9 cm³/mol. The molecule has 0 saturated heterocycles. The van der Waals surface area contributed by atoms with Crippen molar-refractivity contribution in [2.24, 2.45) is 0 Å². The van der Waals surface area contributed by atoms with Gasteiger partial charge in [-0.15, -0.1) is 0 Å². The second-order valence-electron chi connectivity index (χ2n) is 3.56. The summed E-state index contributed by atoms with van der Waals surface area (Å²) >= 11 is 0. The van der Waals surface area contributed by atoms with Crippen LogP contribution in [-0.4, -0.2) is 24.4 Å². The third kappa shape index (κ3) is 4.32. The van der Waals surface area contributed by atoms with Crippen molar-refractivity contribution in [3.63, 3.8) is 0 Å². The van der Waals surface area contributed by atoms with Gasteiger partial charge in [0.05, 0.1) is 13.2 Å². The van der Waals surface area contributed by atoms with Crippen LogP contribution in [0.4, 0.5) is 5.69 Å². The minimum absolute atomic E-state index is 0.0920. The summed E-state index contributed by atoms with van der Waals surface area (Å²) in [5.41, 5.74) is 1.98. The van der Waals surface area contributed by atoms with Crippen molar-refractivity contribution >= 4 is 5.69 Å². The molecule has 0 aliphatic carbocycles. The van der Waals surface area contributed by atoms with Gasteiger partial charge in [-0.25, -0.2) is 0 Å². The van der Waals surface area contributed by atoms with Gasteiger partial charge in [0.15, 0.2) is 0 Å². The minimum Gasteiger partial charge on any atom is -0.392 e. The second-order valence-corrected chi connectivity index (χ2v) is 3.56. The smallest absolute Gasteiger partial charge is 0.0681 e. The molecule has 0 fully saturated rings. The summed E-state index contributed by atoms with van der Waals surface area (Å²) in [5, 5.41) is 12.2. The maximum atomic E-state index is 8.89. The highest BCUT2D eigenvalue weighted by Gasteiger charge is 2.01. The largest absolute Gasteiger partial charge is 0.392 e. The number of hydrogen-bond donors (Lipinski definition) is 2. The Morgan fingerprint density at radius 3 is 2.53 bits per heavy atom. The first-order valence-electron chi connectivity index (χ1n) is 5.30. The average molecular weight is 209 g/mol. The van der Waals surface area contributed by atoms with E-state index in [0.717, 1.165) is 17.9 Å². The Balaban J connectivity index is 2.42. The van der Waals surface area contributed by atoms with Crippen molar-refractivity contribution in [1.82, 2.24) is 0 Å². The summed E-state index contributed by atoms with van der Waals surface area (Å²) in [6.45, 7) is 5.61. The highest BCUT2D eigenvalue weighted by atomic mass is 16.5. The van der Waals surface area contributed by atoms with E-state index in [1.165, 1.54) is 0 Å². The molecule has 0 radical (unpaired) electrons. The number of benzene rings is 1. The van der Waals surface area contributed by atoms with Gasteiger partial charge in [0.2, 0.25) is 0 Å². The van der Waals surface area contributed by atoms with Crippen LogP contribution in [-0.2, 0) is 11.3 Å². The molecule has 0 saturated carbocycles. The van der Waals surface area contributed by atoms with Crippen molar-refractivity contribution in [2.45, 2.75) is 26.5 Å². The number of aliphatic hydroxyl groups excluding tert-OH is 1. The Bertz CT molecular complexity index is 271. The van der Waals surface area contributed by atoms with E-state index in [4.69, 9.17) is 9.84 Å². The van der Waals surface area contributed by atoms with Crippen molar-refractivity contribution in [3.05, 3.63) is 29.8 Å². The molecular weight excluding hydrogens is 190 g/mol. The molecule has 0 spiro atoms. The summed E-state index contributed by atoms with van der Waals surface area (Å²) < 4.78 is 5.31. The molecule has 1 unspecified atom stereocenters. The lowest BCUT2D eigenvalue weighted by Gasteiger charge is -2.15. The molecule has 0 heterocycles. The zero-order chi connectivity index (χ0) is 11.1. The fourth-order valence-corrected chi connectivity index (χ4v) is 1.33. The Morgan fingerprint density at radius 2 is 2.00 bits per heavy atom. The number of ether oxygens (including phenoxy) is 1. The van der Waals surface area contributed by atoms with E-state index in [9.17, 15) is 0 Å². The lowest BCUT2D eigenvalue weighted by molar-refractivity contribution is 0.141. The van der Waals surface area contributed by atoms with E-state index in [0.29, 0.717) is 12.6 Å². The molecule has 0 aliphatic heterocycles. The van der Waals surface area contributed by atoms with Crippen molar-refractivity contribution in [1.29, 1.82) is 0 Å². The second kappa shape index (κ2) is 6.43. The van der Waals surface area contributed by atoms with Gasteiger partial charge in [0.1, 0.15) is 0 Å². The summed E-state index contributed by atoms with van der Waals surface area (Å²) in [4.78, 5) is 0. The Morgan fingerprint density at radius 1 is 1.33 bits per heavy atom. The lowest BCUT2D eigenvalue weighted by atomic mass is 10.2. The van der Waals surface area contributed by atoms with Crippen LogP contribution in [0.1, 0.15) is 19.4 Å². The molecule has 0 bridgehead atoms. The number of anilines is 1. The normalized spacial score (nSPS) is 12.5. The molecule has 0 aromatic heterocycles. The Hall–Kier alpha value is -1.06. The first-order chi connectivity index (χ1) is 7.26. The van der Waals surface area contributed by atoms with E-state index < -0.39 is 0 Å². The molecule has 1 rings (SSSR count). The Labute approximate surface area is 91.1 Å². The molecule has 0 amide bonds. The highest BCUT2D eigenvalue weighted by molar-refractivity contribution is 5.45. The maximum absolute atomic E-state index is 8.89.